The molecule has 0 bridgehead atoms. The van der Waals surface area contributed by atoms with Crippen molar-refractivity contribution in [3.05, 3.63) is 22.4 Å². The molecule has 22 heavy (non-hydrogen) atoms. The highest BCUT2D eigenvalue weighted by Crippen LogP contribution is 2.18. The summed E-state index contributed by atoms with van der Waals surface area (Å²) in [7, 11) is 1.83. The van der Waals surface area contributed by atoms with E-state index in [4.69, 9.17) is 0 Å². The van der Waals surface area contributed by atoms with Crippen LogP contribution in [0.4, 0.5) is 0 Å². The maximum absolute atomic E-state index is 4.29. The molecular weight excluding hydrogens is 407 g/mol. The van der Waals surface area contributed by atoms with Gasteiger partial charge in [0.25, 0.3) is 0 Å². The molecule has 1 saturated heterocycles. The van der Waals surface area contributed by atoms with Crippen LogP contribution in [-0.2, 0) is 6.54 Å². The second-order valence-corrected chi connectivity index (χ2v) is 6.56. The number of guanidine groups is 1. The average molecular weight is 436 g/mol. The van der Waals surface area contributed by atoms with E-state index in [1.54, 1.807) is 11.3 Å². The lowest BCUT2D eigenvalue weighted by Gasteiger charge is -2.35. The van der Waals surface area contributed by atoms with Gasteiger partial charge in [0.1, 0.15) is 0 Å². The Morgan fingerprint density at radius 1 is 1.41 bits per heavy atom. The number of likely N-dealkylation sites (tertiary alicyclic amines) is 1. The molecule has 0 amide bonds. The Balaban J connectivity index is 0.00000242. The SMILES string of the molecule is CCC1CCCCN1CCNC(=NC)NCc1cccs1.I. The van der Waals surface area contributed by atoms with Crippen molar-refractivity contribution in [2.45, 2.75) is 45.2 Å². The molecule has 0 aliphatic carbocycles. The molecule has 0 saturated carbocycles. The van der Waals surface area contributed by atoms with Gasteiger partial charge in [0.15, 0.2) is 5.96 Å². The summed E-state index contributed by atoms with van der Waals surface area (Å²) in [5.41, 5.74) is 0. The summed E-state index contributed by atoms with van der Waals surface area (Å²) in [6.07, 6.45) is 5.38. The Morgan fingerprint density at radius 3 is 2.95 bits per heavy atom. The van der Waals surface area contributed by atoms with Crippen LogP contribution in [0.2, 0.25) is 0 Å². The molecule has 2 N–H and O–H groups in total. The van der Waals surface area contributed by atoms with Gasteiger partial charge in [-0.15, -0.1) is 35.3 Å². The number of rotatable bonds is 6. The van der Waals surface area contributed by atoms with Crippen LogP contribution in [0.15, 0.2) is 22.5 Å². The standard InChI is InChI=1S/C16H28N4S.HI/c1-3-14-7-4-5-10-20(14)11-9-18-16(17-2)19-13-15-8-6-12-21-15;/h6,8,12,14H,3-5,7,9-11,13H2,1-2H3,(H2,17,18,19);1H. The second kappa shape index (κ2) is 11.2. The summed E-state index contributed by atoms with van der Waals surface area (Å²) < 4.78 is 0. The predicted octanol–water partition coefficient (Wildman–Crippen LogP) is 3.30. The number of hydrogen-bond donors (Lipinski definition) is 2. The molecule has 4 nitrogen and oxygen atoms in total. The number of hydrogen-bond acceptors (Lipinski definition) is 3. The lowest BCUT2D eigenvalue weighted by atomic mass is 10.0. The summed E-state index contributed by atoms with van der Waals surface area (Å²) in [5.74, 6) is 0.897. The molecule has 126 valence electrons. The van der Waals surface area contributed by atoms with Crippen LogP contribution in [0.3, 0.4) is 0 Å². The molecule has 2 heterocycles. The molecule has 1 aromatic heterocycles. The zero-order chi connectivity index (χ0) is 14.9. The van der Waals surface area contributed by atoms with E-state index in [0.29, 0.717) is 0 Å². The van der Waals surface area contributed by atoms with E-state index in [9.17, 15) is 0 Å². The van der Waals surface area contributed by atoms with Gasteiger partial charge in [-0.3, -0.25) is 9.89 Å². The largest absolute Gasteiger partial charge is 0.355 e. The fraction of sp³-hybridized carbons (Fsp3) is 0.688. The number of halogens is 1. The second-order valence-electron chi connectivity index (χ2n) is 5.53. The normalized spacial score (nSPS) is 19.5. The summed E-state index contributed by atoms with van der Waals surface area (Å²) in [4.78, 5) is 8.25. The van der Waals surface area contributed by atoms with Crippen molar-refractivity contribution in [2.75, 3.05) is 26.7 Å². The van der Waals surface area contributed by atoms with E-state index in [2.05, 4.69) is 45.0 Å². The van der Waals surface area contributed by atoms with Gasteiger partial charge in [0.05, 0.1) is 6.54 Å². The molecule has 1 fully saturated rings. The number of thiophene rings is 1. The van der Waals surface area contributed by atoms with Crippen LogP contribution in [0.1, 0.15) is 37.5 Å². The Morgan fingerprint density at radius 2 is 2.27 bits per heavy atom. The minimum atomic E-state index is 0. The molecule has 1 aliphatic rings. The first-order chi connectivity index (χ1) is 10.3. The van der Waals surface area contributed by atoms with E-state index in [1.165, 1.54) is 37.1 Å². The van der Waals surface area contributed by atoms with E-state index >= 15 is 0 Å². The Bertz CT molecular complexity index is 422. The van der Waals surface area contributed by atoms with Gasteiger partial charge in [0.2, 0.25) is 0 Å². The number of nitrogens with zero attached hydrogens (tertiary/aromatic N) is 2. The fourth-order valence-corrected chi connectivity index (χ4v) is 3.58. The van der Waals surface area contributed by atoms with Gasteiger partial charge < -0.3 is 10.6 Å². The van der Waals surface area contributed by atoms with Crippen molar-refractivity contribution in [1.82, 2.24) is 15.5 Å². The quantitative estimate of drug-likeness (QED) is 0.409. The third-order valence-electron chi connectivity index (χ3n) is 4.15. The predicted molar refractivity (Wildman–Crippen MR) is 107 cm³/mol. The van der Waals surface area contributed by atoms with Crippen molar-refractivity contribution in [3.63, 3.8) is 0 Å². The first-order valence-corrected chi connectivity index (χ1v) is 8.92. The zero-order valence-corrected chi connectivity index (χ0v) is 16.8. The van der Waals surface area contributed by atoms with Gasteiger partial charge >= 0.3 is 0 Å². The van der Waals surface area contributed by atoms with Crippen molar-refractivity contribution in [3.8, 4) is 0 Å². The zero-order valence-electron chi connectivity index (χ0n) is 13.7. The minimum Gasteiger partial charge on any atom is -0.355 e. The molecule has 6 heteroatoms. The van der Waals surface area contributed by atoms with E-state index in [0.717, 1.165) is 31.6 Å². The van der Waals surface area contributed by atoms with Gasteiger partial charge in [-0.05, 0) is 37.3 Å². The van der Waals surface area contributed by atoms with Crippen molar-refractivity contribution < 1.29 is 0 Å². The molecule has 1 aromatic rings. The highest BCUT2D eigenvalue weighted by atomic mass is 127. The highest BCUT2D eigenvalue weighted by molar-refractivity contribution is 14.0. The van der Waals surface area contributed by atoms with Crippen molar-refractivity contribution in [2.24, 2.45) is 4.99 Å². The smallest absolute Gasteiger partial charge is 0.191 e. The van der Waals surface area contributed by atoms with Crippen molar-refractivity contribution >= 4 is 41.3 Å². The molecule has 1 atom stereocenters. The maximum atomic E-state index is 4.29. The van der Waals surface area contributed by atoms with Crippen molar-refractivity contribution in [1.29, 1.82) is 0 Å². The van der Waals surface area contributed by atoms with Gasteiger partial charge in [-0.1, -0.05) is 19.4 Å². The molecule has 0 aromatic carbocycles. The third-order valence-corrected chi connectivity index (χ3v) is 5.02. The Labute approximate surface area is 155 Å². The summed E-state index contributed by atoms with van der Waals surface area (Å²) >= 11 is 1.77. The minimum absolute atomic E-state index is 0. The summed E-state index contributed by atoms with van der Waals surface area (Å²) in [6.45, 7) is 6.47. The summed E-state index contributed by atoms with van der Waals surface area (Å²) in [6, 6.07) is 5.01. The highest BCUT2D eigenvalue weighted by Gasteiger charge is 2.19. The van der Waals surface area contributed by atoms with Crippen LogP contribution < -0.4 is 10.6 Å². The lowest BCUT2D eigenvalue weighted by molar-refractivity contribution is 0.147. The number of piperidine rings is 1. The van der Waals surface area contributed by atoms with Gasteiger partial charge in [0, 0.05) is 31.1 Å². The molecule has 1 unspecified atom stereocenters. The molecule has 0 radical (unpaired) electrons. The average Bonchev–Trinajstić information content (AvgIpc) is 3.04. The number of nitrogens with one attached hydrogen (secondary N) is 2. The van der Waals surface area contributed by atoms with Crippen LogP contribution >= 0.6 is 35.3 Å². The lowest BCUT2D eigenvalue weighted by Crippen LogP contribution is -2.45. The summed E-state index contributed by atoms with van der Waals surface area (Å²) in [5, 5.41) is 8.90. The Kier molecular flexibility index (Phi) is 10.1. The van der Waals surface area contributed by atoms with Crippen LogP contribution in [0.25, 0.3) is 0 Å². The van der Waals surface area contributed by atoms with Crippen LogP contribution in [0, 0.1) is 0 Å². The molecule has 0 spiro atoms. The van der Waals surface area contributed by atoms with E-state index < -0.39 is 0 Å². The van der Waals surface area contributed by atoms with E-state index in [-0.39, 0.29) is 24.0 Å². The van der Waals surface area contributed by atoms with Crippen LogP contribution in [-0.4, -0.2) is 43.6 Å². The first-order valence-electron chi connectivity index (χ1n) is 8.04. The Hall–Kier alpha value is -0.340. The van der Waals surface area contributed by atoms with Gasteiger partial charge in [-0.2, -0.15) is 0 Å². The molecule has 1 aliphatic heterocycles. The topological polar surface area (TPSA) is 39.7 Å². The van der Waals surface area contributed by atoms with Gasteiger partial charge in [-0.25, -0.2) is 0 Å². The molecule has 2 rings (SSSR count). The van der Waals surface area contributed by atoms with E-state index in [1.807, 2.05) is 7.05 Å². The maximum Gasteiger partial charge on any atom is 0.191 e. The van der Waals surface area contributed by atoms with Crippen LogP contribution in [0.5, 0.6) is 0 Å². The number of aliphatic imine (C=N–C) groups is 1. The monoisotopic (exact) mass is 436 g/mol. The third kappa shape index (κ3) is 6.42. The first kappa shape index (κ1) is 19.7. The fourth-order valence-electron chi connectivity index (χ4n) is 2.94. The molecular formula is C16H29IN4S.